The van der Waals surface area contributed by atoms with E-state index in [1.807, 2.05) is 0 Å². The maximum atomic E-state index is 10.9. The Bertz CT molecular complexity index is 616. The third-order valence-electron chi connectivity index (χ3n) is 5.92. The Balaban J connectivity index is 2.11. The molecule has 0 aliphatic heterocycles. The summed E-state index contributed by atoms with van der Waals surface area (Å²) in [6, 6.07) is 6.56. The van der Waals surface area contributed by atoms with Crippen molar-refractivity contribution in [3.63, 3.8) is 0 Å². The highest BCUT2D eigenvalue weighted by molar-refractivity contribution is 5.87. The van der Waals surface area contributed by atoms with Crippen LogP contribution in [0.4, 0.5) is 0 Å². The van der Waals surface area contributed by atoms with E-state index in [0.29, 0.717) is 12.4 Å². The van der Waals surface area contributed by atoms with Crippen LogP contribution in [-0.4, -0.2) is 17.7 Å². The smallest absolute Gasteiger partial charge is 0.335 e. The van der Waals surface area contributed by atoms with Crippen molar-refractivity contribution in [2.24, 2.45) is 17.8 Å². The molecule has 0 amide bonds. The largest absolute Gasteiger partial charge is 0.490 e. The van der Waals surface area contributed by atoms with E-state index < -0.39 is 5.97 Å². The van der Waals surface area contributed by atoms with Crippen molar-refractivity contribution < 1.29 is 14.6 Å². The van der Waals surface area contributed by atoms with E-state index in [0.717, 1.165) is 24.2 Å². The number of allylic oxidation sites excluding steroid dienone is 1. The fraction of sp³-hybridized carbons (Fsp3) is 0.667. The maximum Gasteiger partial charge on any atom is 0.335 e. The zero-order chi connectivity index (χ0) is 22.4. The van der Waals surface area contributed by atoms with Gasteiger partial charge in [0.25, 0.3) is 0 Å². The van der Waals surface area contributed by atoms with Gasteiger partial charge in [-0.3, -0.25) is 0 Å². The van der Waals surface area contributed by atoms with Gasteiger partial charge >= 0.3 is 5.97 Å². The van der Waals surface area contributed by atoms with Crippen LogP contribution >= 0.6 is 0 Å². The second-order valence-electron chi connectivity index (χ2n) is 9.55. The third kappa shape index (κ3) is 12.7. The lowest BCUT2D eigenvalue weighted by molar-refractivity contribution is 0.0697. The second-order valence-corrected chi connectivity index (χ2v) is 9.55. The van der Waals surface area contributed by atoms with Crippen molar-refractivity contribution in [1.29, 1.82) is 0 Å². The van der Waals surface area contributed by atoms with Gasteiger partial charge < -0.3 is 9.84 Å². The molecule has 0 radical (unpaired) electrons. The van der Waals surface area contributed by atoms with Crippen LogP contribution in [0.1, 0.15) is 103 Å². The van der Waals surface area contributed by atoms with Crippen molar-refractivity contribution in [3.05, 3.63) is 41.5 Å². The molecule has 1 N–H and O–H groups in total. The molecule has 0 bridgehead atoms. The maximum absolute atomic E-state index is 10.9. The molecular weight excluding hydrogens is 372 g/mol. The van der Waals surface area contributed by atoms with Crippen molar-refractivity contribution in [2.75, 3.05) is 6.61 Å². The van der Waals surface area contributed by atoms with Gasteiger partial charge in [0.2, 0.25) is 0 Å². The quantitative estimate of drug-likeness (QED) is 0.277. The Labute approximate surface area is 184 Å². The molecule has 30 heavy (non-hydrogen) atoms. The number of hydrogen-bond donors (Lipinski definition) is 1. The molecule has 0 saturated heterocycles. The van der Waals surface area contributed by atoms with Crippen LogP contribution in [0, 0.1) is 17.8 Å². The van der Waals surface area contributed by atoms with Gasteiger partial charge in [0.15, 0.2) is 0 Å². The minimum Gasteiger partial charge on any atom is -0.490 e. The molecule has 1 aromatic carbocycles. The molecule has 0 aliphatic carbocycles. The van der Waals surface area contributed by atoms with Crippen molar-refractivity contribution >= 4 is 5.97 Å². The van der Waals surface area contributed by atoms with E-state index in [1.165, 1.54) is 56.9 Å². The van der Waals surface area contributed by atoms with Crippen molar-refractivity contribution in [2.45, 2.75) is 92.4 Å². The first-order valence-corrected chi connectivity index (χ1v) is 11.9. The van der Waals surface area contributed by atoms with E-state index in [1.54, 1.807) is 24.3 Å². The Morgan fingerprint density at radius 3 is 1.97 bits per heavy atom. The highest BCUT2D eigenvalue weighted by Gasteiger charge is 2.07. The summed E-state index contributed by atoms with van der Waals surface area (Å²) in [6.07, 6.45) is 14.0. The average Bonchev–Trinajstić information content (AvgIpc) is 2.68. The van der Waals surface area contributed by atoms with Crippen molar-refractivity contribution in [1.82, 2.24) is 0 Å². The number of carboxylic acid groups (broad SMARTS) is 1. The number of benzene rings is 1. The zero-order valence-corrected chi connectivity index (χ0v) is 20.0. The first kappa shape index (κ1) is 26.3. The Morgan fingerprint density at radius 2 is 1.43 bits per heavy atom. The highest BCUT2D eigenvalue weighted by Crippen LogP contribution is 2.22. The Kier molecular flexibility index (Phi) is 13.2. The molecule has 3 nitrogen and oxygen atoms in total. The minimum absolute atomic E-state index is 0.281. The summed E-state index contributed by atoms with van der Waals surface area (Å²) in [6.45, 7) is 12.1. The molecule has 0 aromatic heterocycles. The summed E-state index contributed by atoms with van der Waals surface area (Å²) < 4.78 is 5.69. The van der Waals surface area contributed by atoms with E-state index in [2.05, 4.69) is 40.7 Å². The normalized spacial score (nSPS) is 14.0. The lowest BCUT2D eigenvalue weighted by Crippen LogP contribution is -2.00. The number of carbonyl (C=O) groups is 1. The molecule has 0 unspecified atom stereocenters. The SMILES string of the molecule is CC(=CCOc1ccc(C(=O)O)cc1)CCC[C@H](C)CCC[C@H](C)CCCC(C)C. The van der Waals surface area contributed by atoms with Gasteiger partial charge in [-0.2, -0.15) is 0 Å². The van der Waals surface area contributed by atoms with E-state index >= 15 is 0 Å². The first-order chi connectivity index (χ1) is 14.3. The van der Waals surface area contributed by atoms with Crippen LogP contribution in [0.3, 0.4) is 0 Å². The molecule has 0 fully saturated rings. The highest BCUT2D eigenvalue weighted by atomic mass is 16.5. The van der Waals surface area contributed by atoms with Crippen LogP contribution in [0.25, 0.3) is 0 Å². The standard InChI is InChI=1S/C27H44O3/c1-21(2)9-6-10-22(3)11-7-12-23(4)13-8-14-24(5)19-20-30-26-17-15-25(16-18-26)27(28)29/h15-19,21-23H,6-14,20H2,1-5H3,(H,28,29)/t22-,23-/m1/s1. The lowest BCUT2D eigenvalue weighted by atomic mass is 9.91. The van der Waals surface area contributed by atoms with Gasteiger partial charge in [0.1, 0.15) is 12.4 Å². The van der Waals surface area contributed by atoms with Gasteiger partial charge in [-0.25, -0.2) is 4.79 Å². The molecule has 1 aromatic rings. The molecule has 2 atom stereocenters. The first-order valence-electron chi connectivity index (χ1n) is 11.9. The topological polar surface area (TPSA) is 46.5 Å². The molecule has 0 heterocycles. The van der Waals surface area contributed by atoms with Gasteiger partial charge in [-0.15, -0.1) is 0 Å². The van der Waals surface area contributed by atoms with Crippen LogP contribution in [-0.2, 0) is 0 Å². The van der Waals surface area contributed by atoms with Gasteiger partial charge in [0, 0.05) is 0 Å². The van der Waals surface area contributed by atoms with Crippen LogP contribution < -0.4 is 4.74 Å². The summed E-state index contributed by atoms with van der Waals surface area (Å²) in [7, 11) is 0. The van der Waals surface area contributed by atoms with E-state index in [9.17, 15) is 4.79 Å². The fourth-order valence-electron chi connectivity index (χ4n) is 3.78. The fourth-order valence-corrected chi connectivity index (χ4v) is 3.78. The Hall–Kier alpha value is -1.77. The Morgan fingerprint density at radius 1 is 0.900 bits per heavy atom. The predicted octanol–water partition coefficient (Wildman–Crippen LogP) is 8.15. The minimum atomic E-state index is -0.914. The average molecular weight is 417 g/mol. The lowest BCUT2D eigenvalue weighted by Gasteiger charge is -2.15. The molecule has 170 valence electrons. The molecule has 0 aliphatic rings. The zero-order valence-electron chi connectivity index (χ0n) is 20.0. The monoisotopic (exact) mass is 416 g/mol. The number of carboxylic acids is 1. The summed E-state index contributed by atoms with van der Waals surface area (Å²) in [5.41, 5.74) is 1.65. The predicted molar refractivity (Wildman–Crippen MR) is 127 cm³/mol. The van der Waals surface area contributed by atoms with E-state index in [-0.39, 0.29) is 5.56 Å². The summed E-state index contributed by atoms with van der Waals surface area (Å²) in [5.74, 6) is 2.32. The number of rotatable bonds is 16. The van der Waals surface area contributed by atoms with Crippen LogP contribution in [0.5, 0.6) is 5.75 Å². The molecule has 0 spiro atoms. The van der Waals surface area contributed by atoms with Gasteiger partial charge in [-0.1, -0.05) is 78.2 Å². The van der Waals surface area contributed by atoms with Crippen LogP contribution in [0.15, 0.2) is 35.9 Å². The number of hydrogen-bond acceptors (Lipinski definition) is 2. The van der Waals surface area contributed by atoms with Gasteiger partial charge in [0.05, 0.1) is 5.56 Å². The molecular formula is C27H44O3. The van der Waals surface area contributed by atoms with Crippen molar-refractivity contribution in [3.8, 4) is 5.75 Å². The second kappa shape index (κ2) is 15.1. The molecule has 0 saturated carbocycles. The number of aromatic carboxylic acids is 1. The number of ether oxygens (including phenoxy) is 1. The van der Waals surface area contributed by atoms with Crippen LogP contribution in [0.2, 0.25) is 0 Å². The van der Waals surface area contributed by atoms with Gasteiger partial charge in [-0.05, 0) is 67.9 Å². The van der Waals surface area contributed by atoms with E-state index in [4.69, 9.17) is 9.84 Å². The summed E-state index contributed by atoms with van der Waals surface area (Å²) in [4.78, 5) is 10.9. The third-order valence-corrected chi connectivity index (χ3v) is 5.92. The summed E-state index contributed by atoms with van der Waals surface area (Å²) >= 11 is 0. The molecule has 3 heteroatoms. The molecule has 1 rings (SSSR count). The summed E-state index contributed by atoms with van der Waals surface area (Å²) in [5, 5.41) is 8.92.